The number of nitrogen functional groups attached to an aromatic ring is 1. The number of nitrogens with zero attached hydrogens (tertiary/aromatic N) is 1. The number of nitrogens with two attached hydrogens (primary N) is 1. The van der Waals surface area contributed by atoms with E-state index < -0.39 is 6.04 Å². The molecule has 0 spiro atoms. The Balaban J connectivity index is 1.70. The minimum Gasteiger partial charge on any atom is -0.384 e. The number of amidine groups is 1. The van der Waals surface area contributed by atoms with Crippen molar-refractivity contribution in [2.24, 2.45) is 11.7 Å². The third-order valence-electron chi connectivity index (χ3n) is 5.06. The van der Waals surface area contributed by atoms with E-state index in [9.17, 15) is 9.59 Å². The topological polar surface area (TPSA) is 111 Å². The van der Waals surface area contributed by atoms with Crippen molar-refractivity contribution in [2.45, 2.75) is 39.2 Å². The van der Waals surface area contributed by atoms with Crippen LogP contribution in [0.3, 0.4) is 0 Å². The van der Waals surface area contributed by atoms with Gasteiger partial charge in [-0.2, -0.15) is 0 Å². The third kappa shape index (κ3) is 5.37. The number of nitrogens with one attached hydrogen (secondary N) is 3. The lowest BCUT2D eigenvalue weighted by Gasteiger charge is -2.22. The van der Waals surface area contributed by atoms with Crippen LogP contribution in [0.15, 0.2) is 48.5 Å². The summed E-state index contributed by atoms with van der Waals surface area (Å²) < 4.78 is 0. The van der Waals surface area contributed by atoms with Crippen LogP contribution in [0.5, 0.6) is 0 Å². The summed E-state index contributed by atoms with van der Waals surface area (Å²) in [5, 5.41) is 13.8. The summed E-state index contributed by atoms with van der Waals surface area (Å²) in [5.74, 6) is 0.301. The average Bonchev–Trinajstić information content (AvgIpc) is 3.14. The van der Waals surface area contributed by atoms with Crippen molar-refractivity contribution in [3.8, 4) is 0 Å². The Morgan fingerprint density at radius 1 is 1.17 bits per heavy atom. The zero-order valence-corrected chi connectivity index (χ0v) is 17.4. The van der Waals surface area contributed by atoms with Crippen LogP contribution in [-0.4, -0.2) is 30.2 Å². The van der Waals surface area contributed by atoms with E-state index in [-0.39, 0.29) is 17.6 Å². The number of carbonyl (C=O) groups excluding carboxylic acids is 2. The Labute approximate surface area is 177 Å². The zero-order valence-electron chi connectivity index (χ0n) is 17.4. The molecule has 0 aliphatic carbocycles. The van der Waals surface area contributed by atoms with Gasteiger partial charge in [0.05, 0.1) is 0 Å². The van der Waals surface area contributed by atoms with Crippen molar-refractivity contribution in [3.63, 3.8) is 0 Å². The number of amides is 2. The summed E-state index contributed by atoms with van der Waals surface area (Å²) in [6.07, 6.45) is 2.12. The highest BCUT2D eigenvalue weighted by atomic mass is 16.2. The summed E-state index contributed by atoms with van der Waals surface area (Å²) in [6, 6.07) is 14.1. The van der Waals surface area contributed by atoms with Gasteiger partial charge < -0.3 is 21.3 Å². The molecule has 1 atom stereocenters. The van der Waals surface area contributed by atoms with Crippen LogP contribution in [0.4, 0.5) is 17.1 Å². The number of rotatable bonds is 8. The molecule has 30 heavy (non-hydrogen) atoms. The van der Waals surface area contributed by atoms with E-state index in [0.29, 0.717) is 30.0 Å². The van der Waals surface area contributed by atoms with Gasteiger partial charge in [0.25, 0.3) is 0 Å². The van der Waals surface area contributed by atoms with E-state index in [0.717, 1.165) is 24.3 Å². The maximum absolute atomic E-state index is 13.0. The van der Waals surface area contributed by atoms with E-state index in [1.165, 1.54) is 0 Å². The molecule has 1 fully saturated rings. The molecular formula is C23H29N5O2. The molecule has 0 bridgehead atoms. The molecule has 5 N–H and O–H groups in total. The summed E-state index contributed by atoms with van der Waals surface area (Å²) in [5.41, 5.74) is 8.46. The van der Waals surface area contributed by atoms with Crippen LogP contribution in [0.2, 0.25) is 0 Å². The summed E-state index contributed by atoms with van der Waals surface area (Å²) in [4.78, 5) is 26.6. The SMILES string of the molecule is CC(C)CC(Nc1cccc(C(=N)N)c1)C(=O)Nc1ccc(N2CCCC2=O)cc1. The Morgan fingerprint density at radius 2 is 1.90 bits per heavy atom. The highest BCUT2D eigenvalue weighted by Gasteiger charge is 2.22. The minimum atomic E-state index is -0.438. The quantitative estimate of drug-likeness (QED) is 0.396. The molecule has 3 rings (SSSR count). The number of benzene rings is 2. The average molecular weight is 408 g/mol. The molecular weight excluding hydrogens is 378 g/mol. The van der Waals surface area contributed by atoms with Gasteiger partial charge in [-0.15, -0.1) is 0 Å². The van der Waals surface area contributed by atoms with Crippen LogP contribution >= 0.6 is 0 Å². The zero-order chi connectivity index (χ0) is 21.7. The molecule has 2 amide bonds. The van der Waals surface area contributed by atoms with Gasteiger partial charge in [-0.1, -0.05) is 26.0 Å². The van der Waals surface area contributed by atoms with Crippen LogP contribution in [0.1, 0.15) is 38.7 Å². The molecule has 1 aliphatic heterocycles. The Bertz CT molecular complexity index is 923. The van der Waals surface area contributed by atoms with Gasteiger partial charge in [0, 0.05) is 35.6 Å². The highest BCUT2D eigenvalue weighted by molar-refractivity contribution is 5.99. The van der Waals surface area contributed by atoms with Crippen LogP contribution in [0, 0.1) is 11.3 Å². The second kappa shape index (κ2) is 9.43. The summed E-state index contributed by atoms with van der Waals surface area (Å²) >= 11 is 0. The lowest BCUT2D eigenvalue weighted by atomic mass is 10.0. The number of hydrogen-bond acceptors (Lipinski definition) is 4. The van der Waals surface area contributed by atoms with Crippen molar-refractivity contribution < 1.29 is 9.59 Å². The summed E-state index contributed by atoms with van der Waals surface area (Å²) in [6.45, 7) is 4.87. The molecule has 0 saturated carbocycles. The molecule has 0 aromatic heterocycles. The third-order valence-corrected chi connectivity index (χ3v) is 5.06. The van der Waals surface area contributed by atoms with Gasteiger partial charge in [0.2, 0.25) is 11.8 Å². The molecule has 2 aromatic rings. The monoisotopic (exact) mass is 407 g/mol. The standard InChI is InChI=1S/C23H29N5O2/c1-15(2)13-20(26-18-6-3-5-16(14-18)22(24)25)23(30)27-17-8-10-19(11-9-17)28-12-4-7-21(28)29/h3,5-6,8-11,14-15,20,26H,4,7,12-13H2,1-2H3,(H3,24,25)(H,27,30). The fraction of sp³-hybridized carbons (Fsp3) is 0.348. The molecule has 1 saturated heterocycles. The fourth-order valence-corrected chi connectivity index (χ4v) is 3.56. The first-order valence-corrected chi connectivity index (χ1v) is 10.3. The highest BCUT2D eigenvalue weighted by Crippen LogP contribution is 2.23. The second-order valence-electron chi connectivity index (χ2n) is 8.01. The fourth-order valence-electron chi connectivity index (χ4n) is 3.56. The van der Waals surface area contributed by atoms with Crippen molar-refractivity contribution >= 4 is 34.7 Å². The van der Waals surface area contributed by atoms with E-state index in [1.54, 1.807) is 17.0 Å². The molecule has 0 radical (unpaired) electrons. The van der Waals surface area contributed by atoms with Crippen LogP contribution in [0.25, 0.3) is 0 Å². The van der Waals surface area contributed by atoms with Crippen molar-refractivity contribution in [2.75, 3.05) is 22.1 Å². The maximum atomic E-state index is 13.0. The van der Waals surface area contributed by atoms with Gasteiger partial charge in [0.1, 0.15) is 11.9 Å². The lowest BCUT2D eigenvalue weighted by Crippen LogP contribution is -2.36. The van der Waals surface area contributed by atoms with E-state index >= 15 is 0 Å². The minimum absolute atomic E-state index is 0.0138. The molecule has 1 unspecified atom stereocenters. The van der Waals surface area contributed by atoms with E-state index in [4.69, 9.17) is 11.1 Å². The first kappa shape index (κ1) is 21.4. The van der Waals surface area contributed by atoms with Gasteiger partial charge in [-0.05, 0) is 55.2 Å². The number of anilines is 3. The van der Waals surface area contributed by atoms with E-state index in [2.05, 4.69) is 24.5 Å². The number of carbonyl (C=O) groups is 2. The predicted molar refractivity (Wildman–Crippen MR) is 121 cm³/mol. The van der Waals surface area contributed by atoms with Crippen molar-refractivity contribution in [3.05, 3.63) is 54.1 Å². The second-order valence-corrected chi connectivity index (χ2v) is 8.01. The van der Waals surface area contributed by atoms with E-state index in [1.807, 2.05) is 36.4 Å². The van der Waals surface area contributed by atoms with Crippen molar-refractivity contribution in [1.29, 1.82) is 5.41 Å². The van der Waals surface area contributed by atoms with Crippen LogP contribution in [-0.2, 0) is 9.59 Å². The molecule has 7 heteroatoms. The molecule has 1 heterocycles. The Hall–Kier alpha value is -3.35. The van der Waals surface area contributed by atoms with Gasteiger partial charge in [-0.25, -0.2) is 0 Å². The lowest BCUT2D eigenvalue weighted by molar-refractivity contribution is -0.118. The largest absolute Gasteiger partial charge is 0.384 e. The maximum Gasteiger partial charge on any atom is 0.246 e. The van der Waals surface area contributed by atoms with Gasteiger partial charge in [-0.3, -0.25) is 15.0 Å². The summed E-state index contributed by atoms with van der Waals surface area (Å²) in [7, 11) is 0. The first-order valence-electron chi connectivity index (χ1n) is 10.3. The normalized spacial score (nSPS) is 14.6. The first-order chi connectivity index (χ1) is 14.3. The smallest absolute Gasteiger partial charge is 0.246 e. The number of hydrogen-bond donors (Lipinski definition) is 4. The predicted octanol–water partition coefficient (Wildman–Crippen LogP) is 3.56. The van der Waals surface area contributed by atoms with Crippen LogP contribution < -0.4 is 21.3 Å². The van der Waals surface area contributed by atoms with Gasteiger partial charge >= 0.3 is 0 Å². The van der Waals surface area contributed by atoms with Gasteiger partial charge in [0.15, 0.2) is 0 Å². The Kier molecular flexibility index (Phi) is 6.72. The Morgan fingerprint density at radius 3 is 2.50 bits per heavy atom. The molecule has 2 aromatic carbocycles. The molecule has 7 nitrogen and oxygen atoms in total. The molecule has 158 valence electrons. The van der Waals surface area contributed by atoms with Crippen molar-refractivity contribution in [1.82, 2.24) is 0 Å². The molecule has 1 aliphatic rings.